The molecule has 0 radical (unpaired) electrons. The number of nitrogens with one attached hydrogen (secondary N) is 3. The minimum absolute atomic E-state index is 0.0496. The zero-order valence-electron chi connectivity index (χ0n) is 16.4. The molecule has 4 aliphatic rings. The van der Waals surface area contributed by atoms with Gasteiger partial charge in [0.25, 0.3) is 0 Å². The number of amides is 3. The summed E-state index contributed by atoms with van der Waals surface area (Å²) in [5.74, 6) is 0.768. The van der Waals surface area contributed by atoms with Crippen molar-refractivity contribution in [2.45, 2.75) is 76.8 Å². The second-order valence-electron chi connectivity index (χ2n) is 9.10. The number of carbonyl (C=O) groups is 3. The van der Waals surface area contributed by atoms with Gasteiger partial charge in [-0.25, -0.2) is 9.59 Å². The summed E-state index contributed by atoms with van der Waals surface area (Å²) in [7, 11) is 0. The molecule has 0 aliphatic heterocycles. The minimum Gasteiger partial charge on any atom is -0.480 e. The summed E-state index contributed by atoms with van der Waals surface area (Å²) in [6.45, 7) is 3.90. The van der Waals surface area contributed by atoms with Gasteiger partial charge in [-0.05, 0) is 62.2 Å². The van der Waals surface area contributed by atoms with E-state index in [-0.39, 0.29) is 36.4 Å². The molecule has 0 saturated heterocycles. The fraction of sp³-hybridized carbons (Fsp3) is 0.850. The van der Waals surface area contributed by atoms with Gasteiger partial charge < -0.3 is 21.1 Å². The van der Waals surface area contributed by atoms with Crippen molar-refractivity contribution >= 4 is 17.9 Å². The van der Waals surface area contributed by atoms with E-state index < -0.39 is 12.0 Å². The van der Waals surface area contributed by atoms with E-state index in [9.17, 15) is 19.5 Å². The Morgan fingerprint density at radius 1 is 1.07 bits per heavy atom. The van der Waals surface area contributed by atoms with Crippen molar-refractivity contribution in [3.8, 4) is 0 Å². The number of aliphatic carboxylic acids is 1. The maximum atomic E-state index is 12.3. The highest BCUT2D eigenvalue weighted by Gasteiger charge is 2.51. The van der Waals surface area contributed by atoms with Crippen LogP contribution < -0.4 is 16.0 Å². The van der Waals surface area contributed by atoms with E-state index in [1.54, 1.807) is 6.92 Å². The van der Waals surface area contributed by atoms with Gasteiger partial charge in [0.05, 0.1) is 0 Å². The van der Waals surface area contributed by atoms with Gasteiger partial charge in [0.1, 0.15) is 6.04 Å². The highest BCUT2D eigenvalue weighted by molar-refractivity contribution is 5.84. The van der Waals surface area contributed by atoms with Gasteiger partial charge in [0, 0.05) is 18.5 Å². The highest BCUT2D eigenvalue weighted by atomic mass is 16.4. The number of carboxylic acid groups (broad SMARTS) is 1. The average molecular weight is 380 g/mol. The second-order valence-corrected chi connectivity index (χ2v) is 9.10. The average Bonchev–Trinajstić information content (AvgIpc) is 2.57. The van der Waals surface area contributed by atoms with Crippen molar-refractivity contribution in [1.82, 2.24) is 16.0 Å². The van der Waals surface area contributed by atoms with E-state index in [0.717, 1.165) is 37.0 Å². The Hall–Kier alpha value is -1.79. The van der Waals surface area contributed by atoms with Gasteiger partial charge >= 0.3 is 12.0 Å². The third-order valence-corrected chi connectivity index (χ3v) is 6.85. The summed E-state index contributed by atoms with van der Waals surface area (Å²) in [4.78, 5) is 35.6. The van der Waals surface area contributed by atoms with Crippen molar-refractivity contribution < 1.29 is 19.5 Å². The van der Waals surface area contributed by atoms with Crippen LogP contribution >= 0.6 is 0 Å². The van der Waals surface area contributed by atoms with E-state index in [2.05, 4.69) is 16.0 Å². The van der Waals surface area contributed by atoms with E-state index in [1.807, 2.05) is 6.92 Å². The zero-order chi connectivity index (χ0) is 19.6. The van der Waals surface area contributed by atoms with Gasteiger partial charge in [-0.15, -0.1) is 0 Å². The van der Waals surface area contributed by atoms with E-state index in [0.29, 0.717) is 6.42 Å². The van der Waals surface area contributed by atoms with Gasteiger partial charge in [-0.2, -0.15) is 0 Å². The molecule has 2 unspecified atom stereocenters. The topological polar surface area (TPSA) is 108 Å². The molecule has 7 nitrogen and oxygen atoms in total. The van der Waals surface area contributed by atoms with Crippen LogP contribution in [0.1, 0.15) is 65.2 Å². The third kappa shape index (κ3) is 4.74. The maximum absolute atomic E-state index is 12.3. The monoisotopic (exact) mass is 379 g/mol. The minimum atomic E-state index is -1.02. The van der Waals surface area contributed by atoms with Gasteiger partial charge in [-0.1, -0.05) is 20.3 Å². The SMILES string of the molecule is CCC(C)C(NC(=O)CCNC(=O)NC12CC3CC(CC(C3)C1)C2)C(=O)O. The summed E-state index contributed by atoms with van der Waals surface area (Å²) < 4.78 is 0. The number of urea groups is 1. The molecule has 4 aliphatic carbocycles. The fourth-order valence-electron chi connectivity index (χ4n) is 5.77. The lowest BCUT2D eigenvalue weighted by Crippen LogP contribution is -2.61. The van der Waals surface area contributed by atoms with E-state index in [4.69, 9.17) is 0 Å². The molecule has 152 valence electrons. The lowest BCUT2D eigenvalue weighted by molar-refractivity contribution is -0.143. The molecule has 0 aromatic rings. The molecule has 2 atom stereocenters. The van der Waals surface area contributed by atoms with Crippen LogP contribution in [0.4, 0.5) is 4.79 Å². The standard InChI is InChI=1S/C20H33N3O4/c1-3-12(2)17(18(25)26)22-16(24)4-5-21-19(27)23-20-9-13-6-14(10-20)8-15(7-13)11-20/h12-15,17H,3-11H2,1-2H3,(H,22,24)(H,25,26)(H2,21,23,27). The van der Waals surface area contributed by atoms with Crippen LogP contribution in [-0.4, -0.2) is 41.1 Å². The fourth-order valence-corrected chi connectivity index (χ4v) is 5.77. The van der Waals surface area contributed by atoms with Crippen LogP contribution in [-0.2, 0) is 9.59 Å². The van der Waals surface area contributed by atoms with Gasteiger partial charge in [0.15, 0.2) is 0 Å². The molecule has 3 amide bonds. The van der Waals surface area contributed by atoms with Crippen LogP contribution in [0.2, 0.25) is 0 Å². The molecule has 4 N–H and O–H groups in total. The predicted octanol–water partition coefficient (Wildman–Crippen LogP) is 2.26. The molecule has 4 rings (SSSR count). The van der Waals surface area contributed by atoms with E-state index >= 15 is 0 Å². The quantitative estimate of drug-likeness (QED) is 0.519. The number of rotatable bonds is 8. The summed E-state index contributed by atoms with van der Waals surface area (Å²) in [5, 5.41) is 17.8. The van der Waals surface area contributed by atoms with Crippen LogP contribution in [0.5, 0.6) is 0 Å². The Bertz CT molecular complexity index is 556. The third-order valence-electron chi connectivity index (χ3n) is 6.85. The molecule has 0 spiro atoms. The molecule has 4 bridgehead atoms. The predicted molar refractivity (Wildman–Crippen MR) is 101 cm³/mol. The Labute approximate surface area is 161 Å². The number of carboxylic acids is 1. The Balaban J connectivity index is 1.41. The highest BCUT2D eigenvalue weighted by Crippen LogP contribution is 2.55. The molecule has 4 fully saturated rings. The van der Waals surface area contributed by atoms with E-state index in [1.165, 1.54) is 19.3 Å². The lowest BCUT2D eigenvalue weighted by atomic mass is 9.53. The molecule has 4 saturated carbocycles. The largest absolute Gasteiger partial charge is 0.480 e. The van der Waals surface area contributed by atoms with Crippen molar-refractivity contribution in [2.24, 2.45) is 23.7 Å². The van der Waals surface area contributed by atoms with Crippen molar-refractivity contribution in [2.75, 3.05) is 6.54 Å². The second kappa shape index (κ2) is 8.07. The molecule has 27 heavy (non-hydrogen) atoms. The lowest BCUT2D eigenvalue weighted by Gasteiger charge is -2.56. The molecule has 7 heteroatoms. The summed E-state index contributed by atoms with van der Waals surface area (Å²) in [6.07, 6.45) is 7.97. The van der Waals surface area contributed by atoms with Crippen molar-refractivity contribution in [3.63, 3.8) is 0 Å². The van der Waals surface area contributed by atoms with Crippen LogP contribution in [0, 0.1) is 23.7 Å². The molecule has 0 heterocycles. The summed E-state index contributed by atoms with van der Waals surface area (Å²) >= 11 is 0. The number of carbonyl (C=O) groups excluding carboxylic acids is 2. The number of hydrogen-bond donors (Lipinski definition) is 4. The molecule has 0 aromatic heterocycles. The maximum Gasteiger partial charge on any atom is 0.326 e. The molecular weight excluding hydrogens is 346 g/mol. The first-order chi connectivity index (χ1) is 12.8. The Kier molecular flexibility index (Phi) is 5.96. The summed E-state index contributed by atoms with van der Waals surface area (Å²) in [6, 6.07) is -1.09. The van der Waals surface area contributed by atoms with Gasteiger partial charge in [0.2, 0.25) is 5.91 Å². The summed E-state index contributed by atoms with van der Waals surface area (Å²) in [5.41, 5.74) is -0.0496. The van der Waals surface area contributed by atoms with Crippen LogP contribution in [0.3, 0.4) is 0 Å². The van der Waals surface area contributed by atoms with Crippen molar-refractivity contribution in [3.05, 3.63) is 0 Å². The van der Waals surface area contributed by atoms with Crippen LogP contribution in [0.25, 0.3) is 0 Å². The smallest absolute Gasteiger partial charge is 0.326 e. The zero-order valence-corrected chi connectivity index (χ0v) is 16.4. The Morgan fingerprint density at radius 3 is 2.11 bits per heavy atom. The first-order valence-electron chi connectivity index (χ1n) is 10.4. The molecular formula is C20H33N3O4. The Morgan fingerprint density at radius 2 is 1.63 bits per heavy atom. The van der Waals surface area contributed by atoms with Crippen molar-refractivity contribution in [1.29, 1.82) is 0 Å². The first kappa shape index (κ1) is 20.0. The van der Waals surface area contributed by atoms with Crippen LogP contribution in [0.15, 0.2) is 0 Å². The van der Waals surface area contributed by atoms with Gasteiger partial charge in [-0.3, -0.25) is 4.79 Å². The number of hydrogen-bond acceptors (Lipinski definition) is 3. The first-order valence-corrected chi connectivity index (χ1v) is 10.4. The molecule has 0 aromatic carbocycles. The normalized spacial score (nSPS) is 33.2.